The van der Waals surface area contributed by atoms with Crippen molar-refractivity contribution in [3.8, 4) is 5.69 Å². The highest BCUT2D eigenvalue weighted by molar-refractivity contribution is 5.95. The van der Waals surface area contributed by atoms with E-state index in [0.29, 0.717) is 17.0 Å². The molecule has 2 heterocycles. The van der Waals surface area contributed by atoms with Crippen LogP contribution in [0, 0.1) is 0 Å². The van der Waals surface area contributed by atoms with Crippen molar-refractivity contribution >= 4 is 11.9 Å². The summed E-state index contributed by atoms with van der Waals surface area (Å²) in [5.74, 6) is -1.29. The average Bonchev–Trinajstić information content (AvgIpc) is 3.27. The van der Waals surface area contributed by atoms with Crippen LogP contribution < -0.4 is 5.32 Å². The Morgan fingerprint density at radius 1 is 1.14 bits per heavy atom. The maximum absolute atomic E-state index is 12.8. The van der Waals surface area contributed by atoms with Crippen LogP contribution in [0.3, 0.4) is 0 Å². The molecule has 146 valence electrons. The van der Waals surface area contributed by atoms with Crippen molar-refractivity contribution in [2.75, 3.05) is 0 Å². The minimum atomic E-state index is -1.01. The van der Waals surface area contributed by atoms with E-state index in [1.54, 1.807) is 10.9 Å². The number of rotatable bonds is 6. The Hall–Kier alpha value is -3.49. The fourth-order valence-corrected chi connectivity index (χ4v) is 2.71. The lowest BCUT2D eigenvalue weighted by atomic mass is 9.89. The van der Waals surface area contributed by atoms with Gasteiger partial charge in [0.2, 0.25) is 0 Å². The number of para-hydroxylation sites is 1. The third-order valence-corrected chi connectivity index (χ3v) is 4.00. The SMILES string of the molecule is CC(C)(C)c1nn(-c2ccccc2)cc1C(=O)NCc1cn(CC(=O)O)nn1. The zero-order valence-electron chi connectivity index (χ0n) is 16.0. The summed E-state index contributed by atoms with van der Waals surface area (Å²) in [4.78, 5) is 23.5. The first kappa shape index (κ1) is 19.3. The van der Waals surface area contributed by atoms with E-state index in [1.165, 1.54) is 10.9 Å². The Balaban J connectivity index is 1.79. The quantitative estimate of drug-likeness (QED) is 0.671. The number of carboxylic acid groups (broad SMARTS) is 1. The summed E-state index contributed by atoms with van der Waals surface area (Å²) in [5.41, 5.74) is 2.18. The molecule has 9 nitrogen and oxygen atoms in total. The molecule has 0 unspecified atom stereocenters. The largest absolute Gasteiger partial charge is 0.480 e. The second kappa shape index (κ2) is 7.63. The van der Waals surface area contributed by atoms with E-state index in [9.17, 15) is 9.59 Å². The van der Waals surface area contributed by atoms with Gasteiger partial charge in [-0.15, -0.1) is 5.10 Å². The van der Waals surface area contributed by atoms with Crippen molar-refractivity contribution in [1.82, 2.24) is 30.1 Å². The third-order valence-electron chi connectivity index (χ3n) is 4.00. The average molecular weight is 382 g/mol. The van der Waals surface area contributed by atoms with Crippen molar-refractivity contribution < 1.29 is 14.7 Å². The number of carboxylic acids is 1. The lowest BCUT2D eigenvalue weighted by Gasteiger charge is -2.17. The molecule has 0 radical (unpaired) electrons. The van der Waals surface area contributed by atoms with Crippen LogP contribution in [0.1, 0.15) is 42.5 Å². The summed E-state index contributed by atoms with van der Waals surface area (Å²) in [6, 6.07) is 9.58. The van der Waals surface area contributed by atoms with Gasteiger partial charge in [-0.3, -0.25) is 9.59 Å². The first-order chi connectivity index (χ1) is 13.2. The van der Waals surface area contributed by atoms with E-state index >= 15 is 0 Å². The number of carbonyl (C=O) groups is 2. The zero-order chi connectivity index (χ0) is 20.3. The number of carbonyl (C=O) groups excluding carboxylic acids is 1. The van der Waals surface area contributed by atoms with Crippen LogP contribution in [0.5, 0.6) is 0 Å². The van der Waals surface area contributed by atoms with Crippen molar-refractivity contribution in [3.05, 3.63) is 59.7 Å². The van der Waals surface area contributed by atoms with Crippen LogP contribution in [-0.4, -0.2) is 41.8 Å². The van der Waals surface area contributed by atoms with Gasteiger partial charge in [-0.2, -0.15) is 5.10 Å². The van der Waals surface area contributed by atoms with Crippen molar-refractivity contribution in [3.63, 3.8) is 0 Å². The van der Waals surface area contributed by atoms with Crippen LogP contribution in [0.15, 0.2) is 42.7 Å². The number of benzene rings is 1. The van der Waals surface area contributed by atoms with Gasteiger partial charge in [-0.25, -0.2) is 9.36 Å². The van der Waals surface area contributed by atoms with Crippen LogP contribution >= 0.6 is 0 Å². The summed E-state index contributed by atoms with van der Waals surface area (Å²) < 4.78 is 2.90. The standard InChI is InChI=1S/C19H22N6O3/c1-19(2,3)17-15(11-25(22-17)14-7-5-4-6-8-14)18(28)20-9-13-10-24(23-21-13)12-16(26)27/h4-8,10-11H,9,12H2,1-3H3,(H,20,28)(H,26,27). The summed E-state index contributed by atoms with van der Waals surface area (Å²) in [7, 11) is 0. The fourth-order valence-electron chi connectivity index (χ4n) is 2.71. The summed E-state index contributed by atoms with van der Waals surface area (Å²) in [6.45, 7) is 5.86. The van der Waals surface area contributed by atoms with Gasteiger partial charge in [-0.1, -0.05) is 44.2 Å². The molecule has 2 N–H and O–H groups in total. The molecule has 0 aliphatic rings. The normalized spacial score (nSPS) is 11.4. The minimum Gasteiger partial charge on any atom is -0.480 e. The van der Waals surface area contributed by atoms with E-state index < -0.39 is 5.97 Å². The molecule has 3 rings (SSSR count). The molecule has 0 bridgehead atoms. The van der Waals surface area contributed by atoms with Gasteiger partial charge in [0.25, 0.3) is 5.91 Å². The van der Waals surface area contributed by atoms with E-state index in [1.807, 2.05) is 51.1 Å². The molecule has 1 aromatic carbocycles. The van der Waals surface area contributed by atoms with Gasteiger partial charge in [0, 0.05) is 11.6 Å². The first-order valence-electron chi connectivity index (χ1n) is 8.78. The highest BCUT2D eigenvalue weighted by Crippen LogP contribution is 2.25. The fraction of sp³-hybridized carbons (Fsp3) is 0.316. The van der Waals surface area contributed by atoms with E-state index in [2.05, 4.69) is 20.7 Å². The number of amides is 1. The highest BCUT2D eigenvalue weighted by atomic mass is 16.4. The summed E-state index contributed by atoms with van der Waals surface area (Å²) in [6.07, 6.45) is 3.21. The molecule has 0 atom stereocenters. The van der Waals surface area contributed by atoms with Gasteiger partial charge < -0.3 is 10.4 Å². The van der Waals surface area contributed by atoms with Crippen molar-refractivity contribution in [2.24, 2.45) is 0 Å². The zero-order valence-corrected chi connectivity index (χ0v) is 16.0. The maximum Gasteiger partial charge on any atom is 0.325 e. The second-order valence-corrected chi connectivity index (χ2v) is 7.41. The molecule has 2 aromatic heterocycles. The number of hydrogen-bond acceptors (Lipinski definition) is 5. The Morgan fingerprint density at radius 3 is 2.50 bits per heavy atom. The summed E-state index contributed by atoms with van der Waals surface area (Å²) in [5, 5.41) is 23.8. The lowest BCUT2D eigenvalue weighted by Crippen LogP contribution is -2.26. The van der Waals surface area contributed by atoms with E-state index in [-0.39, 0.29) is 24.4 Å². The Morgan fingerprint density at radius 2 is 1.86 bits per heavy atom. The second-order valence-electron chi connectivity index (χ2n) is 7.41. The molecular formula is C19H22N6O3. The Bertz CT molecular complexity index is 985. The lowest BCUT2D eigenvalue weighted by molar-refractivity contribution is -0.137. The molecule has 0 aliphatic heterocycles. The number of aliphatic carboxylic acids is 1. The Labute approximate surface area is 162 Å². The highest BCUT2D eigenvalue weighted by Gasteiger charge is 2.26. The first-order valence-corrected chi connectivity index (χ1v) is 8.78. The van der Waals surface area contributed by atoms with Crippen LogP contribution in [-0.2, 0) is 23.3 Å². The molecule has 0 saturated heterocycles. The molecule has 0 spiro atoms. The van der Waals surface area contributed by atoms with Crippen LogP contribution in [0.25, 0.3) is 5.69 Å². The Kier molecular flexibility index (Phi) is 5.25. The van der Waals surface area contributed by atoms with E-state index in [0.717, 1.165) is 5.69 Å². The smallest absolute Gasteiger partial charge is 0.325 e. The predicted octanol–water partition coefficient (Wildman–Crippen LogP) is 1.78. The molecule has 0 aliphatic carbocycles. The van der Waals surface area contributed by atoms with Gasteiger partial charge >= 0.3 is 5.97 Å². The van der Waals surface area contributed by atoms with E-state index in [4.69, 9.17) is 5.11 Å². The molecule has 0 fully saturated rings. The number of hydrogen-bond donors (Lipinski definition) is 2. The molecular weight excluding hydrogens is 360 g/mol. The van der Waals surface area contributed by atoms with Crippen molar-refractivity contribution in [2.45, 2.75) is 39.3 Å². The topological polar surface area (TPSA) is 115 Å². The molecule has 9 heteroatoms. The maximum atomic E-state index is 12.8. The van der Waals surface area contributed by atoms with Crippen LogP contribution in [0.4, 0.5) is 0 Å². The molecule has 1 amide bonds. The van der Waals surface area contributed by atoms with Gasteiger partial charge in [0.05, 0.1) is 29.7 Å². The number of nitrogens with zero attached hydrogens (tertiary/aromatic N) is 5. The monoisotopic (exact) mass is 382 g/mol. The summed E-state index contributed by atoms with van der Waals surface area (Å²) >= 11 is 0. The number of nitrogens with one attached hydrogen (secondary N) is 1. The van der Waals surface area contributed by atoms with Gasteiger partial charge in [-0.05, 0) is 12.1 Å². The van der Waals surface area contributed by atoms with Gasteiger partial charge in [0.1, 0.15) is 12.2 Å². The number of aromatic nitrogens is 5. The molecule has 0 saturated carbocycles. The van der Waals surface area contributed by atoms with Crippen LogP contribution in [0.2, 0.25) is 0 Å². The predicted molar refractivity (Wildman–Crippen MR) is 101 cm³/mol. The van der Waals surface area contributed by atoms with Crippen molar-refractivity contribution in [1.29, 1.82) is 0 Å². The van der Waals surface area contributed by atoms with Gasteiger partial charge in [0.15, 0.2) is 0 Å². The molecule has 28 heavy (non-hydrogen) atoms. The minimum absolute atomic E-state index is 0.137. The molecule has 3 aromatic rings. The third kappa shape index (κ3) is 4.43.